The molecular weight excluding hydrogens is 152 g/mol. The van der Waals surface area contributed by atoms with Crippen molar-refractivity contribution in [3.8, 4) is 0 Å². The molecule has 1 atom stereocenters. The summed E-state index contributed by atoms with van der Waals surface area (Å²) in [4.78, 5) is 0. The summed E-state index contributed by atoms with van der Waals surface area (Å²) in [5.41, 5.74) is 1.00. The largest absolute Gasteiger partial charge is 0.371 e. The van der Waals surface area contributed by atoms with Crippen molar-refractivity contribution in [2.24, 2.45) is 0 Å². The third-order valence-corrected chi connectivity index (χ3v) is 1.60. The van der Waals surface area contributed by atoms with Gasteiger partial charge in [0.15, 0.2) is 0 Å². The Bertz CT molecular complexity index is 231. The quantitative estimate of drug-likeness (QED) is 0.544. The van der Waals surface area contributed by atoms with Crippen molar-refractivity contribution >= 4 is 0 Å². The molecule has 0 aliphatic carbocycles. The minimum atomic E-state index is -0.286. The van der Waals surface area contributed by atoms with Gasteiger partial charge in [-0.2, -0.15) is 0 Å². The molecule has 1 aromatic rings. The van der Waals surface area contributed by atoms with Crippen molar-refractivity contribution in [1.29, 1.82) is 0 Å². The summed E-state index contributed by atoms with van der Waals surface area (Å²) in [6.07, 6.45) is 1.45. The van der Waals surface area contributed by atoms with Crippen LogP contribution in [0, 0.1) is 0 Å². The van der Waals surface area contributed by atoms with Crippen LogP contribution in [0.4, 0.5) is 0 Å². The lowest BCUT2D eigenvalue weighted by molar-refractivity contribution is -0.0319. The summed E-state index contributed by atoms with van der Waals surface area (Å²) in [7, 11) is 0. The van der Waals surface area contributed by atoms with Crippen molar-refractivity contribution in [3.63, 3.8) is 0 Å². The van der Waals surface area contributed by atoms with Gasteiger partial charge >= 0.3 is 0 Å². The van der Waals surface area contributed by atoms with Crippen LogP contribution >= 0.6 is 0 Å². The molecule has 0 aliphatic heterocycles. The first-order valence-electron chi connectivity index (χ1n) is 3.78. The lowest BCUT2D eigenvalue weighted by atomic mass is 10.1. The van der Waals surface area contributed by atoms with Gasteiger partial charge in [0.2, 0.25) is 0 Å². The molecule has 2 nitrogen and oxygen atoms in total. The SMILES string of the molecule is C=CC(OCO)c1ccccc1. The summed E-state index contributed by atoms with van der Waals surface area (Å²) in [5, 5.41) is 8.56. The zero-order chi connectivity index (χ0) is 8.81. The van der Waals surface area contributed by atoms with Crippen LogP contribution in [-0.2, 0) is 4.74 Å². The molecule has 0 heterocycles. The summed E-state index contributed by atoms with van der Waals surface area (Å²) >= 11 is 0. The maximum atomic E-state index is 8.56. The number of benzene rings is 1. The van der Waals surface area contributed by atoms with E-state index in [-0.39, 0.29) is 12.9 Å². The second kappa shape index (κ2) is 4.70. The van der Waals surface area contributed by atoms with Crippen LogP contribution in [0.5, 0.6) is 0 Å². The lowest BCUT2D eigenvalue weighted by Crippen LogP contribution is -2.01. The standard InChI is InChI=1S/C10H12O2/c1-2-10(12-8-11)9-6-4-3-5-7-9/h2-7,10-11H,1,8H2. The molecule has 0 fully saturated rings. The minimum absolute atomic E-state index is 0.212. The van der Waals surface area contributed by atoms with Crippen LogP contribution in [-0.4, -0.2) is 11.9 Å². The fourth-order valence-corrected chi connectivity index (χ4v) is 1.02. The Balaban J connectivity index is 2.73. The highest BCUT2D eigenvalue weighted by atomic mass is 16.6. The molecule has 1 rings (SSSR count). The molecule has 1 N–H and O–H groups in total. The fourth-order valence-electron chi connectivity index (χ4n) is 1.02. The van der Waals surface area contributed by atoms with Gasteiger partial charge in [-0.15, -0.1) is 6.58 Å². The van der Waals surface area contributed by atoms with Crippen molar-refractivity contribution in [3.05, 3.63) is 48.6 Å². The summed E-state index contributed by atoms with van der Waals surface area (Å²) in [6.45, 7) is 3.33. The first-order chi connectivity index (χ1) is 5.88. The number of aliphatic hydroxyl groups excluding tert-OH is 1. The summed E-state index contributed by atoms with van der Waals surface area (Å²) in [5.74, 6) is 0. The first kappa shape index (κ1) is 8.97. The maximum Gasteiger partial charge on any atom is 0.144 e. The van der Waals surface area contributed by atoms with Crippen molar-refractivity contribution in [1.82, 2.24) is 0 Å². The van der Waals surface area contributed by atoms with E-state index >= 15 is 0 Å². The predicted octanol–water partition coefficient (Wildman–Crippen LogP) is 1.88. The van der Waals surface area contributed by atoms with Crippen LogP contribution in [0.2, 0.25) is 0 Å². The third-order valence-electron chi connectivity index (χ3n) is 1.60. The molecule has 0 saturated heterocycles. The number of hydrogen-bond acceptors (Lipinski definition) is 2. The second-order valence-corrected chi connectivity index (χ2v) is 2.36. The van der Waals surface area contributed by atoms with Gasteiger partial charge in [-0.3, -0.25) is 0 Å². The Labute approximate surface area is 72.1 Å². The maximum absolute atomic E-state index is 8.56. The summed E-state index contributed by atoms with van der Waals surface area (Å²) in [6, 6.07) is 9.64. The number of hydrogen-bond donors (Lipinski definition) is 1. The van der Waals surface area contributed by atoms with Gasteiger partial charge < -0.3 is 9.84 Å². The van der Waals surface area contributed by atoms with Gasteiger partial charge in [0, 0.05) is 0 Å². The number of rotatable bonds is 4. The van der Waals surface area contributed by atoms with Crippen molar-refractivity contribution in [2.45, 2.75) is 6.10 Å². The fraction of sp³-hybridized carbons (Fsp3) is 0.200. The van der Waals surface area contributed by atoms with E-state index in [0.717, 1.165) is 5.56 Å². The Kier molecular flexibility index (Phi) is 3.51. The Morgan fingerprint density at radius 1 is 1.42 bits per heavy atom. The zero-order valence-corrected chi connectivity index (χ0v) is 6.81. The molecule has 12 heavy (non-hydrogen) atoms. The monoisotopic (exact) mass is 164 g/mol. The van der Waals surface area contributed by atoms with Gasteiger partial charge in [-0.05, 0) is 5.56 Å². The van der Waals surface area contributed by atoms with E-state index in [4.69, 9.17) is 9.84 Å². The normalized spacial score (nSPS) is 12.4. The molecule has 0 spiro atoms. The first-order valence-corrected chi connectivity index (χ1v) is 3.78. The molecule has 2 heteroatoms. The molecule has 0 bridgehead atoms. The van der Waals surface area contributed by atoms with Gasteiger partial charge in [0.1, 0.15) is 12.9 Å². The van der Waals surface area contributed by atoms with Crippen LogP contribution in [0.3, 0.4) is 0 Å². The van der Waals surface area contributed by atoms with Crippen LogP contribution in [0.1, 0.15) is 11.7 Å². The van der Waals surface area contributed by atoms with E-state index in [2.05, 4.69) is 6.58 Å². The molecule has 0 amide bonds. The Hall–Kier alpha value is -1.12. The van der Waals surface area contributed by atoms with Crippen LogP contribution in [0.25, 0.3) is 0 Å². The van der Waals surface area contributed by atoms with Crippen LogP contribution in [0.15, 0.2) is 43.0 Å². The molecule has 0 saturated carbocycles. The Morgan fingerprint density at radius 3 is 2.58 bits per heavy atom. The van der Waals surface area contributed by atoms with E-state index in [1.165, 1.54) is 0 Å². The van der Waals surface area contributed by atoms with Gasteiger partial charge in [0.25, 0.3) is 0 Å². The van der Waals surface area contributed by atoms with Gasteiger partial charge in [-0.25, -0.2) is 0 Å². The molecule has 0 radical (unpaired) electrons. The van der Waals surface area contributed by atoms with E-state index < -0.39 is 0 Å². The van der Waals surface area contributed by atoms with E-state index in [9.17, 15) is 0 Å². The highest BCUT2D eigenvalue weighted by Gasteiger charge is 2.04. The number of aliphatic hydroxyl groups is 1. The zero-order valence-electron chi connectivity index (χ0n) is 6.81. The van der Waals surface area contributed by atoms with Crippen molar-refractivity contribution in [2.75, 3.05) is 6.79 Å². The average molecular weight is 164 g/mol. The Morgan fingerprint density at radius 2 is 2.08 bits per heavy atom. The topological polar surface area (TPSA) is 29.5 Å². The summed E-state index contributed by atoms with van der Waals surface area (Å²) < 4.78 is 5.01. The molecule has 1 unspecified atom stereocenters. The second-order valence-electron chi connectivity index (χ2n) is 2.36. The minimum Gasteiger partial charge on any atom is -0.371 e. The van der Waals surface area contributed by atoms with E-state index in [0.29, 0.717) is 0 Å². The highest BCUT2D eigenvalue weighted by Crippen LogP contribution is 2.16. The van der Waals surface area contributed by atoms with E-state index in [1.807, 2.05) is 30.3 Å². The molecule has 1 aromatic carbocycles. The highest BCUT2D eigenvalue weighted by molar-refractivity contribution is 5.20. The molecule has 64 valence electrons. The average Bonchev–Trinajstić information content (AvgIpc) is 2.15. The van der Waals surface area contributed by atoms with Gasteiger partial charge in [0.05, 0.1) is 0 Å². The van der Waals surface area contributed by atoms with Crippen LogP contribution < -0.4 is 0 Å². The predicted molar refractivity (Wildman–Crippen MR) is 47.6 cm³/mol. The van der Waals surface area contributed by atoms with E-state index in [1.54, 1.807) is 6.08 Å². The third kappa shape index (κ3) is 2.19. The van der Waals surface area contributed by atoms with Gasteiger partial charge in [-0.1, -0.05) is 36.4 Å². The smallest absolute Gasteiger partial charge is 0.144 e. The van der Waals surface area contributed by atoms with Crippen molar-refractivity contribution < 1.29 is 9.84 Å². The molecular formula is C10H12O2. The lowest BCUT2D eigenvalue weighted by Gasteiger charge is -2.11. The molecule has 0 aromatic heterocycles. The molecule has 0 aliphatic rings. The number of ether oxygens (including phenoxy) is 1.